The third kappa shape index (κ3) is 7.62. The Morgan fingerprint density at radius 1 is 0.596 bits per heavy atom. The van der Waals surface area contributed by atoms with E-state index in [1.807, 2.05) is 103 Å². The first-order chi connectivity index (χ1) is 25.0. The van der Waals surface area contributed by atoms with Crippen LogP contribution in [-0.2, 0) is 5.75 Å². The summed E-state index contributed by atoms with van der Waals surface area (Å²) in [6, 6.07) is 52.8. The van der Waals surface area contributed by atoms with Gasteiger partial charge < -0.3 is 11.1 Å². The van der Waals surface area contributed by atoms with Gasteiger partial charge in [0, 0.05) is 22.4 Å². The average molecular weight is 718 g/mol. The van der Waals surface area contributed by atoms with Crippen LogP contribution < -0.4 is 35.3 Å². The molecule has 8 aromatic rings. The van der Waals surface area contributed by atoms with Gasteiger partial charge in [0.15, 0.2) is 0 Å². The van der Waals surface area contributed by atoms with Gasteiger partial charge in [-0.3, -0.25) is 15.4 Å². The van der Waals surface area contributed by atoms with Crippen LogP contribution in [0.3, 0.4) is 0 Å². The molecule has 5 nitrogen and oxygen atoms in total. The molecule has 52 heavy (non-hydrogen) atoms. The number of benzene rings is 6. The summed E-state index contributed by atoms with van der Waals surface area (Å²) in [5.41, 5.74) is 13.6. The summed E-state index contributed by atoms with van der Waals surface area (Å²) in [5.74, 6) is 0.525. The standard InChI is InChI=1S/C44H32N5S2.Na/c45-42(50-27-34-13-7-18-39(48-34)37-16-5-11-29-9-1-3-14-35(29)37)31-23-21-28-22-24-32(26-33(28)25-31)43(46)51-44(47)41-20-8-19-40(49-41)38-17-6-12-30-10-2-4-15-36(30)38;/h1-26,44,46H,27,47H2;/q-1;+1. The second-order valence-corrected chi connectivity index (χ2v) is 14.4. The fourth-order valence-corrected chi connectivity index (χ4v) is 7.88. The molecular formula is C44H32N5NaS2. The summed E-state index contributed by atoms with van der Waals surface area (Å²) in [4.78, 5) is 9.84. The van der Waals surface area contributed by atoms with E-state index >= 15 is 0 Å². The largest absolute Gasteiger partial charge is 1.00 e. The number of nitrogens with zero attached hydrogens (tertiary/aromatic N) is 3. The summed E-state index contributed by atoms with van der Waals surface area (Å²) in [7, 11) is 0. The smallest absolute Gasteiger partial charge is 0.798 e. The van der Waals surface area contributed by atoms with E-state index in [0.29, 0.717) is 16.5 Å². The van der Waals surface area contributed by atoms with Crippen molar-refractivity contribution in [3.8, 4) is 22.5 Å². The van der Waals surface area contributed by atoms with Crippen molar-refractivity contribution in [3.63, 3.8) is 0 Å². The maximum atomic E-state index is 11.1. The van der Waals surface area contributed by atoms with Gasteiger partial charge in [-0.25, -0.2) is 0 Å². The fourth-order valence-electron chi connectivity index (χ4n) is 6.37. The monoisotopic (exact) mass is 717 g/mol. The molecule has 6 aromatic carbocycles. The van der Waals surface area contributed by atoms with Crippen molar-refractivity contribution in [3.05, 3.63) is 186 Å². The molecule has 1 atom stereocenters. The molecule has 8 heteroatoms. The Balaban J connectivity index is 0.00000420. The van der Waals surface area contributed by atoms with Crippen LogP contribution in [0.4, 0.5) is 0 Å². The van der Waals surface area contributed by atoms with Gasteiger partial charge in [-0.05, 0) is 74.3 Å². The Morgan fingerprint density at radius 2 is 1.15 bits per heavy atom. The Labute approximate surface area is 333 Å². The van der Waals surface area contributed by atoms with Crippen molar-refractivity contribution in [2.45, 2.75) is 11.1 Å². The molecule has 3 N–H and O–H groups in total. The number of fused-ring (bicyclic) bond motifs is 3. The molecule has 1 unspecified atom stereocenters. The number of nitrogens with one attached hydrogen (secondary N) is 1. The number of hydrogen-bond acceptors (Lipinski definition) is 6. The molecule has 0 saturated carbocycles. The molecule has 2 heterocycles. The van der Waals surface area contributed by atoms with E-state index in [4.69, 9.17) is 21.1 Å². The average Bonchev–Trinajstić information content (AvgIpc) is 3.19. The molecule has 0 fully saturated rings. The van der Waals surface area contributed by atoms with Crippen LogP contribution in [0, 0.1) is 5.41 Å². The van der Waals surface area contributed by atoms with E-state index in [-0.39, 0.29) is 34.6 Å². The summed E-state index contributed by atoms with van der Waals surface area (Å²) in [6.45, 7) is 0. The van der Waals surface area contributed by atoms with Gasteiger partial charge in [0.25, 0.3) is 0 Å². The molecule has 2 aromatic heterocycles. The molecule has 0 amide bonds. The van der Waals surface area contributed by atoms with Crippen LogP contribution >= 0.6 is 23.5 Å². The van der Waals surface area contributed by atoms with Gasteiger partial charge in [0.1, 0.15) is 0 Å². The molecular weight excluding hydrogens is 686 g/mol. The van der Waals surface area contributed by atoms with Crippen molar-refractivity contribution in [1.29, 1.82) is 5.41 Å². The maximum absolute atomic E-state index is 11.1. The van der Waals surface area contributed by atoms with Crippen LogP contribution in [0.2, 0.25) is 0 Å². The van der Waals surface area contributed by atoms with Crippen LogP contribution in [0.25, 0.3) is 60.2 Å². The summed E-state index contributed by atoms with van der Waals surface area (Å²) in [6.07, 6.45) is 0. The minimum Gasteiger partial charge on any atom is -0.798 e. The van der Waals surface area contributed by atoms with Crippen LogP contribution in [0.1, 0.15) is 27.9 Å². The van der Waals surface area contributed by atoms with Gasteiger partial charge >= 0.3 is 29.6 Å². The van der Waals surface area contributed by atoms with Crippen LogP contribution in [0.15, 0.2) is 158 Å². The second kappa shape index (κ2) is 16.0. The number of aromatic nitrogens is 2. The second-order valence-electron chi connectivity index (χ2n) is 12.3. The van der Waals surface area contributed by atoms with E-state index in [9.17, 15) is 5.41 Å². The van der Waals surface area contributed by atoms with E-state index in [1.54, 1.807) is 0 Å². The quantitative estimate of drug-likeness (QED) is 0.0715. The summed E-state index contributed by atoms with van der Waals surface area (Å²) >= 11 is 2.63. The minimum atomic E-state index is -0.518. The third-order valence-electron chi connectivity index (χ3n) is 8.95. The van der Waals surface area contributed by atoms with Crippen molar-refractivity contribution in [1.82, 2.24) is 9.97 Å². The predicted octanol–water partition coefficient (Wildman–Crippen LogP) is 8.24. The van der Waals surface area contributed by atoms with Crippen LogP contribution in [-0.4, -0.2) is 20.1 Å². The fraction of sp³-hybridized carbons (Fsp3) is 0.0455. The van der Waals surface area contributed by atoms with E-state index in [1.165, 1.54) is 34.3 Å². The SMILES string of the molecule is [N-]=C(SCc1cccc(-c2cccc3ccccc23)n1)c1ccc2ccc(C(=N)SC(N)c3cccc(-c4cccc5ccccc45)n3)cc2c1.[Na+]. The van der Waals surface area contributed by atoms with Gasteiger partial charge in [-0.15, -0.1) is 16.8 Å². The normalized spacial score (nSPS) is 11.7. The van der Waals surface area contributed by atoms with Crippen LogP contribution in [0.5, 0.6) is 0 Å². The van der Waals surface area contributed by atoms with Crippen molar-refractivity contribution in [2.24, 2.45) is 5.73 Å². The number of rotatable bonds is 8. The van der Waals surface area contributed by atoms with Gasteiger partial charge in [0.2, 0.25) is 0 Å². The first-order valence-electron chi connectivity index (χ1n) is 16.6. The van der Waals surface area contributed by atoms with E-state index in [0.717, 1.165) is 60.9 Å². The molecule has 0 radical (unpaired) electrons. The van der Waals surface area contributed by atoms with E-state index in [2.05, 4.69) is 54.6 Å². The number of hydrogen-bond donors (Lipinski definition) is 2. The molecule has 0 aliphatic carbocycles. The zero-order chi connectivity index (χ0) is 34.7. The Hall–Kier alpha value is -4.60. The van der Waals surface area contributed by atoms with E-state index < -0.39 is 5.37 Å². The minimum absolute atomic E-state index is 0. The van der Waals surface area contributed by atoms with Crippen molar-refractivity contribution >= 4 is 65.9 Å². The topological polar surface area (TPSA) is 98.0 Å². The first-order valence-corrected chi connectivity index (χ1v) is 18.5. The zero-order valence-corrected chi connectivity index (χ0v) is 32.2. The number of nitrogens with two attached hydrogens (primary N) is 1. The molecule has 0 spiro atoms. The predicted molar refractivity (Wildman–Crippen MR) is 218 cm³/mol. The molecule has 8 rings (SSSR count). The molecule has 246 valence electrons. The third-order valence-corrected chi connectivity index (χ3v) is 10.9. The molecule has 0 aliphatic rings. The van der Waals surface area contributed by atoms with Crippen molar-refractivity contribution < 1.29 is 29.6 Å². The molecule has 0 bridgehead atoms. The Bertz CT molecular complexity index is 2600. The number of thioether (sulfide) groups is 2. The van der Waals surface area contributed by atoms with Gasteiger partial charge in [-0.2, -0.15) is 0 Å². The van der Waals surface area contributed by atoms with Gasteiger partial charge in [0.05, 0.1) is 33.2 Å². The van der Waals surface area contributed by atoms with Crippen molar-refractivity contribution in [2.75, 3.05) is 0 Å². The summed E-state index contributed by atoms with van der Waals surface area (Å²) < 4.78 is 0. The number of pyridine rings is 2. The first kappa shape index (κ1) is 35.8. The van der Waals surface area contributed by atoms with Gasteiger partial charge in [-0.1, -0.05) is 133 Å². The Kier molecular flexibility index (Phi) is 11.0. The zero-order valence-electron chi connectivity index (χ0n) is 28.5. The summed E-state index contributed by atoms with van der Waals surface area (Å²) in [5, 5.41) is 26.7. The molecule has 0 saturated heterocycles. The molecule has 0 aliphatic heterocycles. The Morgan fingerprint density at radius 3 is 1.85 bits per heavy atom. The maximum Gasteiger partial charge on any atom is 1.00 e.